The number of H-pyrrole nitrogens is 1. The molecule has 0 aliphatic carbocycles. The number of fused-ring (bicyclic) bond motifs is 1. The number of nitrogens with zero attached hydrogens (tertiary/aromatic N) is 1. The molecule has 190 valence electrons. The molecule has 0 saturated carbocycles. The van der Waals surface area contributed by atoms with Crippen molar-refractivity contribution in [2.45, 2.75) is 16.6 Å². The molecule has 3 aromatic carbocycles. The van der Waals surface area contributed by atoms with Gasteiger partial charge in [0.2, 0.25) is 11.8 Å². The van der Waals surface area contributed by atoms with Gasteiger partial charge in [0, 0.05) is 28.7 Å². The first-order chi connectivity index (χ1) is 18.2. The molecule has 1 aliphatic heterocycles. The molecule has 1 aromatic heterocycles. The van der Waals surface area contributed by atoms with E-state index in [4.69, 9.17) is 5.11 Å². The average molecular weight is 530 g/mol. The average Bonchev–Trinajstić information content (AvgIpc) is 3.47. The number of carboxylic acids is 2. The van der Waals surface area contributed by atoms with Crippen LogP contribution < -0.4 is 10.2 Å². The summed E-state index contributed by atoms with van der Waals surface area (Å²) in [6.45, 7) is 0. The van der Waals surface area contributed by atoms with E-state index in [1.54, 1.807) is 42.6 Å². The Hall–Kier alpha value is -4.90. The summed E-state index contributed by atoms with van der Waals surface area (Å²) in [5.74, 6) is -4.05. The summed E-state index contributed by atoms with van der Waals surface area (Å²) in [7, 11) is 0. The van der Waals surface area contributed by atoms with Crippen LogP contribution in [0, 0.1) is 0 Å². The van der Waals surface area contributed by atoms with Crippen molar-refractivity contribution < 1.29 is 34.2 Å². The van der Waals surface area contributed by atoms with Crippen LogP contribution in [0.15, 0.2) is 77.8 Å². The second kappa shape index (κ2) is 9.87. The van der Waals surface area contributed by atoms with Crippen LogP contribution in [-0.4, -0.2) is 50.1 Å². The fourth-order valence-corrected chi connectivity index (χ4v) is 5.23. The van der Waals surface area contributed by atoms with Gasteiger partial charge in [-0.3, -0.25) is 14.4 Å². The summed E-state index contributed by atoms with van der Waals surface area (Å²) in [6, 6.07) is 17.0. The zero-order valence-electron chi connectivity index (χ0n) is 19.5. The van der Waals surface area contributed by atoms with E-state index in [9.17, 15) is 29.1 Å². The minimum absolute atomic E-state index is 0.0506. The van der Waals surface area contributed by atoms with Crippen LogP contribution in [0.3, 0.4) is 0 Å². The molecular formula is C27H19N3O7S. The number of amides is 3. The molecule has 1 atom stereocenters. The molecule has 4 N–H and O–H groups in total. The number of carbonyl (C=O) groups excluding carboxylic acids is 3. The van der Waals surface area contributed by atoms with Crippen LogP contribution >= 0.6 is 11.8 Å². The van der Waals surface area contributed by atoms with Crippen molar-refractivity contribution in [1.29, 1.82) is 0 Å². The molecule has 3 amide bonds. The van der Waals surface area contributed by atoms with Crippen molar-refractivity contribution in [2.24, 2.45) is 0 Å². The summed E-state index contributed by atoms with van der Waals surface area (Å²) >= 11 is 1.24. The standard InChI is InChI=1S/C27H19N3O7S/c31-23-13-22(25(33)30(23)17-5-1-14-9-10-28-21(14)12-17)38-18-6-3-16(4-7-18)29-24(32)19-8-2-15(26(34)35)11-20(19)27(36)37/h1-12,22,28H,13H2,(H,29,32)(H,34,35)(H,36,37). The highest BCUT2D eigenvalue weighted by molar-refractivity contribution is 8.00. The highest BCUT2D eigenvalue weighted by Crippen LogP contribution is 2.35. The van der Waals surface area contributed by atoms with Gasteiger partial charge in [-0.2, -0.15) is 0 Å². The highest BCUT2D eigenvalue weighted by atomic mass is 32.2. The first-order valence-electron chi connectivity index (χ1n) is 11.3. The maximum Gasteiger partial charge on any atom is 0.336 e. The number of rotatable bonds is 7. The molecule has 2 heterocycles. The molecule has 1 saturated heterocycles. The zero-order chi connectivity index (χ0) is 27.0. The van der Waals surface area contributed by atoms with Gasteiger partial charge in [-0.15, -0.1) is 11.8 Å². The molecule has 0 bridgehead atoms. The second-order valence-electron chi connectivity index (χ2n) is 8.48. The largest absolute Gasteiger partial charge is 0.478 e. The van der Waals surface area contributed by atoms with E-state index >= 15 is 0 Å². The highest BCUT2D eigenvalue weighted by Gasteiger charge is 2.40. The van der Waals surface area contributed by atoms with Gasteiger partial charge in [-0.25, -0.2) is 14.5 Å². The second-order valence-corrected chi connectivity index (χ2v) is 9.75. The first-order valence-corrected chi connectivity index (χ1v) is 12.2. The number of aromatic nitrogens is 1. The quantitative estimate of drug-likeness (QED) is 0.259. The van der Waals surface area contributed by atoms with Crippen LogP contribution in [0.25, 0.3) is 10.9 Å². The third-order valence-corrected chi connectivity index (χ3v) is 7.23. The van der Waals surface area contributed by atoms with Gasteiger partial charge < -0.3 is 20.5 Å². The normalized spacial score (nSPS) is 15.2. The number of anilines is 2. The van der Waals surface area contributed by atoms with Crippen molar-refractivity contribution >= 4 is 63.7 Å². The topological polar surface area (TPSA) is 157 Å². The molecule has 10 nitrogen and oxygen atoms in total. The fourth-order valence-electron chi connectivity index (χ4n) is 4.17. The number of thioether (sulfide) groups is 1. The number of aromatic amines is 1. The van der Waals surface area contributed by atoms with E-state index in [0.717, 1.165) is 29.1 Å². The van der Waals surface area contributed by atoms with Crippen LogP contribution in [0.5, 0.6) is 0 Å². The molecular weight excluding hydrogens is 510 g/mol. The number of carboxylic acid groups (broad SMARTS) is 2. The third-order valence-electron chi connectivity index (χ3n) is 6.03. The number of benzene rings is 3. The van der Waals surface area contributed by atoms with Gasteiger partial charge in [0.25, 0.3) is 5.91 Å². The van der Waals surface area contributed by atoms with Crippen LogP contribution in [0.4, 0.5) is 11.4 Å². The maximum absolute atomic E-state index is 13.0. The first kappa shape index (κ1) is 24.8. The van der Waals surface area contributed by atoms with Gasteiger partial charge >= 0.3 is 11.9 Å². The van der Waals surface area contributed by atoms with E-state index < -0.39 is 28.7 Å². The summed E-state index contributed by atoms with van der Waals surface area (Å²) < 4.78 is 0. The van der Waals surface area contributed by atoms with Crippen molar-refractivity contribution in [2.75, 3.05) is 10.2 Å². The van der Waals surface area contributed by atoms with Gasteiger partial charge in [0.15, 0.2) is 0 Å². The molecule has 11 heteroatoms. The number of imide groups is 1. The lowest BCUT2D eigenvalue weighted by Crippen LogP contribution is -2.31. The summed E-state index contributed by atoms with van der Waals surface area (Å²) in [4.78, 5) is 66.0. The Bertz CT molecular complexity index is 1630. The van der Waals surface area contributed by atoms with Gasteiger partial charge in [-0.05, 0) is 66.0 Å². The van der Waals surface area contributed by atoms with Crippen molar-refractivity contribution in [3.05, 3.63) is 89.6 Å². The van der Waals surface area contributed by atoms with E-state index in [-0.39, 0.29) is 29.4 Å². The Labute approximate surface area is 219 Å². The molecule has 38 heavy (non-hydrogen) atoms. The summed E-state index contributed by atoms with van der Waals surface area (Å²) in [5, 5.41) is 21.4. The fraction of sp³-hybridized carbons (Fsp3) is 0.0741. The lowest BCUT2D eigenvalue weighted by Gasteiger charge is -2.15. The Morgan fingerprint density at radius 2 is 1.66 bits per heavy atom. The molecule has 0 spiro atoms. The number of hydrogen-bond acceptors (Lipinski definition) is 6. The monoisotopic (exact) mass is 529 g/mol. The lowest BCUT2D eigenvalue weighted by atomic mass is 10.0. The minimum Gasteiger partial charge on any atom is -0.478 e. The predicted octanol–water partition coefficient (Wildman–Crippen LogP) is 4.24. The van der Waals surface area contributed by atoms with E-state index in [1.807, 2.05) is 12.1 Å². The van der Waals surface area contributed by atoms with Crippen molar-refractivity contribution in [3.8, 4) is 0 Å². The zero-order valence-corrected chi connectivity index (χ0v) is 20.3. The molecule has 0 radical (unpaired) electrons. The number of nitrogens with one attached hydrogen (secondary N) is 2. The SMILES string of the molecule is O=C(O)c1ccc(C(=O)Nc2ccc(SC3CC(=O)N(c4ccc5cc[nH]c5c4)C3=O)cc2)c(C(=O)O)c1. The Balaban J connectivity index is 1.27. The van der Waals surface area contributed by atoms with Gasteiger partial charge in [0.05, 0.1) is 27.6 Å². The van der Waals surface area contributed by atoms with E-state index in [0.29, 0.717) is 16.3 Å². The summed E-state index contributed by atoms with van der Waals surface area (Å²) in [6.07, 6.45) is 1.84. The maximum atomic E-state index is 13.0. The smallest absolute Gasteiger partial charge is 0.336 e. The molecule has 1 aliphatic rings. The molecule has 5 rings (SSSR count). The third kappa shape index (κ3) is 4.74. The van der Waals surface area contributed by atoms with Crippen LogP contribution in [0.1, 0.15) is 37.5 Å². The Kier molecular flexibility index (Phi) is 6.43. The predicted molar refractivity (Wildman–Crippen MR) is 140 cm³/mol. The minimum atomic E-state index is -1.43. The Morgan fingerprint density at radius 1 is 0.895 bits per heavy atom. The number of carbonyl (C=O) groups is 5. The van der Waals surface area contributed by atoms with Crippen LogP contribution in [-0.2, 0) is 9.59 Å². The molecule has 1 fully saturated rings. The summed E-state index contributed by atoms with van der Waals surface area (Å²) in [5.41, 5.74) is 0.836. The van der Waals surface area contributed by atoms with Gasteiger partial charge in [-0.1, -0.05) is 6.07 Å². The Morgan fingerprint density at radius 3 is 2.37 bits per heavy atom. The number of hydrogen-bond donors (Lipinski definition) is 4. The lowest BCUT2D eigenvalue weighted by molar-refractivity contribution is -0.121. The molecule has 4 aromatic rings. The van der Waals surface area contributed by atoms with E-state index in [1.165, 1.54) is 16.7 Å². The van der Waals surface area contributed by atoms with Crippen molar-refractivity contribution in [1.82, 2.24) is 4.98 Å². The van der Waals surface area contributed by atoms with Crippen LogP contribution in [0.2, 0.25) is 0 Å². The van der Waals surface area contributed by atoms with Crippen molar-refractivity contribution in [3.63, 3.8) is 0 Å². The van der Waals surface area contributed by atoms with Gasteiger partial charge in [0.1, 0.15) is 0 Å². The van der Waals surface area contributed by atoms with E-state index in [2.05, 4.69) is 10.3 Å². The molecule has 1 unspecified atom stereocenters. The number of aromatic carboxylic acids is 2.